The molecular weight excluding hydrogens is 195 g/mol. The Balaban J connectivity index is 3.92. The van der Waals surface area contributed by atoms with Crippen LogP contribution in [0, 0.1) is 0 Å². The largest absolute Gasteiger partial charge is 0.324 e. The summed E-state index contributed by atoms with van der Waals surface area (Å²) in [7, 11) is -0.793. The summed E-state index contributed by atoms with van der Waals surface area (Å²) in [6, 6.07) is 0. The molecule has 0 fully saturated rings. The van der Waals surface area contributed by atoms with Crippen molar-refractivity contribution in [3.63, 3.8) is 0 Å². The minimum Gasteiger partial charge on any atom is -0.324 e. The van der Waals surface area contributed by atoms with Crippen molar-refractivity contribution in [2.24, 2.45) is 0 Å². The fourth-order valence-corrected chi connectivity index (χ4v) is 3.58. The van der Waals surface area contributed by atoms with E-state index in [1.54, 1.807) is 0 Å². The molecule has 0 aliphatic carbocycles. The highest BCUT2D eigenvalue weighted by Crippen LogP contribution is 2.35. The topological polar surface area (TPSA) is 51.2 Å². The highest BCUT2D eigenvalue weighted by atomic mass is 35.7. The van der Waals surface area contributed by atoms with Gasteiger partial charge in [0.15, 0.2) is 0 Å². The molecule has 0 saturated carbocycles. The van der Waals surface area contributed by atoms with Crippen LogP contribution in [0.4, 0.5) is 0 Å². The predicted octanol–water partition coefficient (Wildman–Crippen LogP) is 1.18. The molecule has 0 atom stereocenters. The fourth-order valence-electron chi connectivity index (χ4n) is 0.329. The molecule has 6 heteroatoms. The fraction of sp³-hybridized carbons (Fsp3) is 1.00. The van der Waals surface area contributed by atoms with E-state index in [0.717, 1.165) is 0 Å². The monoisotopic (exact) mass is 204 g/mol. The molecule has 0 saturated heterocycles. The smallest absolute Gasteiger partial charge is 0.233 e. The molecular formula is C4H10ClO3PS. The molecule has 0 aromatic rings. The summed E-state index contributed by atoms with van der Waals surface area (Å²) in [4.78, 5) is 0. The summed E-state index contributed by atoms with van der Waals surface area (Å²) in [6.45, 7) is 3.07. The maximum atomic E-state index is 10.9. The van der Waals surface area contributed by atoms with Gasteiger partial charge in [0.2, 0.25) is 9.05 Å². The van der Waals surface area contributed by atoms with Crippen LogP contribution in [0.25, 0.3) is 0 Å². The lowest BCUT2D eigenvalue weighted by molar-refractivity contribution is 0.581. The van der Waals surface area contributed by atoms with Crippen molar-refractivity contribution < 1.29 is 13.0 Å². The normalized spacial score (nSPS) is 13.5. The van der Waals surface area contributed by atoms with Crippen molar-refractivity contribution in [1.82, 2.24) is 0 Å². The van der Waals surface area contributed by atoms with Gasteiger partial charge in [-0.25, -0.2) is 8.42 Å². The third-order valence-electron chi connectivity index (χ3n) is 0.874. The van der Waals surface area contributed by atoms with Gasteiger partial charge in [0.25, 0.3) is 0 Å². The first-order valence-electron chi connectivity index (χ1n) is 2.67. The Hall–Kier alpha value is 0.470. The lowest BCUT2D eigenvalue weighted by atomic mass is 11.0. The van der Waals surface area contributed by atoms with Crippen LogP contribution in [-0.2, 0) is 13.6 Å². The Labute approximate surface area is 65.6 Å². The molecule has 0 N–H and O–H groups in total. The summed E-state index contributed by atoms with van der Waals surface area (Å²) < 4.78 is 31.6. The first-order valence-corrected chi connectivity index (χ1v) is 7.93. The van der Waals surface area contributed by atoms with Gasteiger partial charge in [0, 0.05) is 16.8 Å². The van der Waals surface area contributed by atoms with E-state index in [2.05, 4.69) is 0 Å². The standard InChI is InChI=1S/C4H10ClO3PS/c1-9(2,6)3-4-10(5,7)8/h3-4H2,1-2H3. The molecule has 0 rings (SSSR count). The molecule has 0 amide bonds. The van der Waals surface area contributed by atoms with E-state index in [-0.39, 0.29) is 11.9 Å². The zero-order chi connectivity index (χ0) is 8.41. The summed E-state index contributed by atoms with van der Waals surface area (Å²) in [6.07, 6.45) is 0.166. The van der Waals surface area contributed by atoms with E-state index < -0.39 is 16.2 Å². The van der Waals surface area contributed by atoms with Crippen molar-refractivity contribution in [3.05, 3.63) is 0 Å². The molecule has 0 unspecified atom stereocenters. The number of hydrogen-bond donors (Lipinski definition) is 0. The molecule has 0 bridgehead atoms. The van der Waals surface area contributed by atoms with Gasteiger partial charge in [-0.15, -0.1) is 0 Å². The number of halogens is 1. The van der Waals surface area contributed by atoms with Crippen LogP contribution in [0.5, 0.6) is 0 Å². The van der Waals surface area contributed by atoms with Gasteiger partial charge in [-0.1, -0.05) is 0 Å². The molecule has 62 valence electrons. The molecule has 3 nitrogen and oxygen atoms in total. The number of rotatable bonds is 3. The lowest BCUT2D eigenvalue weighted by Gasteiger charge is -2.02. The molecule has 0 heterocycles. The first kappa shape index (κ1) is 10.5. The van der Waals surface area contributed by atoms with Crippen LogP contribution in [0.2, 0.25) is 0 Å². The van der Waals surface area contributed by atoms with Gasteiger partial charge in [-0.05, 0) is 13.3 Å². The summed E-state index contributed by atoms with van der Waals surface area (Å²) in [5.41, 5.74) is 0. The maximum Gasteiger partial charge on any atom is 0.233 e. The van der Waals surface area contributed by atoms with Crippen molar-refractivity contribution in [2.45, 2.75) is 0 Å². The average Bonchev–Trinajstić information content (AvgIpc) is 1.57. The van der Waals surface area contributed by atoms with Gasteiger partial charge in [0.05, 0.1) is 12.9 Å². The molecule has 0 spiro atoms. The predicted molar refractivity (Wildman–Crippen MR) is 44.0 cm³/mol. The van der Waals surface area contributed by atoms with Crippen LogP contribution in [0.3, 0.4) is 0 Å². The molecule has 10 heavy (non-hydrogen) atoms. The Kier molecular flexibility index (Phi) is 3.40. The summed E-state index contributed by atoms with van der Waals surface area (Å²) >= 11 is 0. The van der Waals surface area contributed by atoms with E-state index in [9.17, 15) is 13.0 Å². The molecule has 0 aromatic carbocycles. The van der Waals surface area contributed by atoms with Crippen molar-refractivity contribution in [2.75, 3.05) is 25.2 Å². The Morgan fingerprint density at radius 1 is 1.40 bits per heavy atom. The van der Waals surface area contributed by atoms with Crippen LogP contribution in [-0.4, -0.2) is 33.7 Å². The van der Waals surface area contributed by atoms with Crippen molar-refractivity contribution >= 4 is 26.9 Å². The second-order valence-electron chi connectivity index (χ2n) is 2.54. The number of hydrogen-bond acceptors (Lipinski definition) is 3. The average molecular weight is 205 g/mol. The zero-order valence-electron chi connectivity index (χ0n) is 5.87. The highest BCUT2D eigenvalue weighted by molar-refractivity contribution is 8.13. The SMILES string of the molecule is CP(C)(=O)CCS(=O)(=O)Cl. The first-order chi connectivity index (χ1) is 4.21. The van der Waals surface area contributed by atoms with Gasteiger partial charge in [-0.3, -0.25) is 0 Å². The highest BCUT2D eigenvalue weighted by Gasteiger charge is 2.12. The third kappa shape index (κ3) is 8.47. The third-order valence-corrected chi connectivity index (χ3v) is 3.63. The van der Waals surface area contributed by atoms with E-state index in [0.29, 0.717) is 0 Å². The minimum atomic E-state index is -3.46. The van der Waals surface area contributed by atoms with Gasteiger partial charge < -0.3 is 4.57 Å². The maximum absolute atomic E-state index is 10.9. The quantitative estimate of drug-likeness (QED) is 0.512. The van der Waals surface area contributed by atoms with Crippen LogP contribution < -0.4 is 0 Å². The molecule has 0 aromatic heterocycles. The van der Waals surface area contributed by atoms with E-state index in [4.69, 9.17) is 10.7 Å². The summed E-state index contributed by atoms with van der Waals surface area (Å²) in [5.74, 6) is -0.196. The van der Waals surface area contributed by atoms with Crippen LogP contribution in [0.15, 0.2) is 0 Å². The van der Waals surface area contributed by atoms with E-state index in [1.165, 1.54) is 13.3 Å². The van der Waals surface area contributed by atoms with Crippen molar-refractivity contribution in [1.29, 1.82) is 0 Å². The van der Waals surface area contributed by atoms with E-state index >= 15 is 0 Å². The molecule has 0 radical (unpaired) electrons. The minimum absolute atomic E-state index is 0.166. The molecule has 0 aliphatic heterocycles. The Morgan fingerprint density at radius 2 is 1.80 bits per heavy atom. The van der Waals surface area contributed by atoms with Gasteiger partial charge in [-0.2, -0.15) is 0 Å². The van der Waals surface area contributed by atoms with Crippen LogP contribution in [0.1, 0.15) is 0 Å². The second kappa shape index (κ2) is 3.24. The lowest BCUT2D eigenvalue weighted by Crippen LogP contribution is -2.02. The van der Waals surface area contributed by atoms with Gasteiger partial charge >= 0.3 is 0 Å². The molecule has 0 aliphatic rings. The van der Waals surface area contributed by atoms with Crippen LogP contribution >= 0.6 is 17.8 Å². The summed E-state index contributed by atoms with van der Waals surface area (Å²) in [5, 5.41) is 0. The van der Waals surface area contributed by atoms with Gasteiger partial charge in [0.1, 0.15) is 0 Å². The second-order valence-corrected chi connectivity index (χ2v) is 9.03. The van der Waals surface area contributed by atoms with Crippen molar-refractivity contribution in [3.8, 4) is 0 Å². The Morgan fingerprint density at radius 3 is 1.90 bits per heavy atom. The Bertz CT molecular complexity index is 239. The zero-order valence-corrected chi connectivity index (χ0v) is 8.34. The van der Waals surface area contributed by atoms with E-state index in [1.807, 2.05) is 0 Å².